The van der Waals surface area contributed by atoms with Gasteiger partial charge in [0.25, 0.3) is 0 Å². The number of aromatic nitrogens is 2. The number of carbonyl (C=O) groups is 1. The van der Waals surface area contributed by atoms with Gasteiger partial charge in [0, 0.05) is 6.42 Å². The van der Waals surface area contributed by atoms with Crippen LogP contribution in [0.4, 0.5) is 5.82 Å². The SMILES string of the molecule is O=C(CC1CCCCC1)Nc1ncnc(Cl)c1Cl. The topological polar surface area (TPSA) is 54.9 Å². The Labute approximate surface area is 116 Å². The first-order chi connectivity index (χ1) is 8.66. The van der Waals surface area contributed by atoms with Crippen LogP contribution >= 0.6 is 23.2 Å². The summed E-state index contributed by atoms with van der Waals surface area (Å²) in [6.45, 7) is 0. The molecule has 0 unspecified atom stereocenters. The molecule has 0 bridgehead atoms. The average molecular weight is 288 g/mol. The fourth-order valence-electron chi connectivity index (χ4n) is 2.27. The number of anilines is 1. The zero-order chi connectivity index (χ0) is 13.0. The van der Waals surface area contributed by atoms with Crippen LogP contribution in [0.25, 0.3) is 0 Å². The molecule has 98 valence electrons. The molecular formula is C12H15Cl2N3O. The predicted octanol–water partition coefficient (Wildman–Crippen LogP) is 3.69. The molecule has 0 saturated heterocycles. The summed E-state index contributed by atoms with van der Waals surface area (Å²) in [6.07, 6.45) is 7.79. The van der Waals surface area contributed by atoms with Crippen LogP contribution in [0.15, 0.2) is 6.33 Å². The fraction of sp³-hybridized carbons (Fsp3) is 0.583. The van der Waals surface area contributed by atoms with Gasteiger partial charge in [-0.2, -0.15) is 0 Å². The molecule has 1 N–H and O–H groups in total. The smallest absolute Gasteiger partial charge is 0.225 e. The number of hydrogen-bond acceptors (Lipinski definition) is 3. The van der Waals surface area contributed by atoms with Crippen molar-refractivity contribution in [2.45, 2.75) is 38.5 Å². The van der Waals surface area contributed by atoms with Gasteiger partial charge in [-0.25, -0.2) is 9.97 Å². The summed E-state index contributed by atoms with van der Waals surface area (Å²) in [5.74, 6) is 0.714. The second-order valence-electron chi connectivity index (χ2n) is 4.58. The van der Waals surface area contributed by atoms with E-state index in [2.05, 4.69) is 15.3 Å². The van der Waals surface area contributed by atoms with Gasteiger partial charge in [-0.3, -0.25) is 4.79 Å². The molecule has 0 radical (unpaired) electrons. The van der Waals surface area contributed by atoms with Gasteiger partial charge in [0.05, 0.1) is 0 Å². The van der Waals surface area contributed by atoms with Crippen LogP contribution < -0.4 is 5.32 Å². The standard InChI is InChI=1S/C12H15Cl2N3O/c13-10-11(14)15-7-16-12(10)17-9(18)6-8-4-2-1-3-5-8/h7-8H,1-6H2,(H,15,16,17,18). The average Bonchev–Trinajstić information content (AvgIpc) is 2.36. The van der Waals surface area contributed by atoms with Crippen molar-refractivity contribution < 1.29 is 4.79 Å². The molecular weight excluding hydrogens is 273 g/mol. The fourth-order valence-corrected chi connectivity index (χ4v) is 2.55. The Hall–Kier alpha value is -0.870. The second kappa shape index (κ2) is 6.34. The summed E-state index contributed by atoms with van der Waals surface area (Å²) in [5, 5.41) is 3.04. The third kappa shape index (κ3) is 3.56. The third-order valence-electron chi connectivity index (χ3n) is 3.20. The number of nitrogens with zero attached hydrogens (tertiary/aromatic N) is 2. The van der Waals surface area contributed by atoms with Gasteiger partial charge in [-0.05, 0) is 18.8 Å². The molecule has 1 amide bonds. The normalized spacial score (nSPS) is 16.6. The van der Waals surface area contributed by atoms with Crippen molar-refractivity contribution in [2.24, 2.45) is 5.92 Å². The number of nitrogens with one attached hydrogen (secondary N) is 1. The molecule has 1 fully saturated rings. The van der Waals surface area contributed by atoms with Crippen LogP contribution in [0.2, 0.25) is 10.2 Å². The predicted molar refractivity (Wildman–Crippen MR) is 71.9 cm³/mol. The minimum atomic E-state index is -0.0569. The highest BCUT2D eigenvalue weighted by molar-refractivity contribution is 6.42. The van der Waals surface area contributed by atoms with E-state index in [1.807, 2.05) is 0 Å². The van der Waals surface area contributed by atoms with Gasteiger partial charge in [-0.1, -0.05) is 42.5 Å². The molecule has 1 heterocycles. The van der Waals surface area contributed by atoms with E-state index in [4.69, 9.17) is 23.2 Å². The minimum Gasteiger partial charge on any atom is -0.309 e. The summed E-state index contributed by atoms with van der Waals surface area (Å²) in [6, 6.07) is 0. The van der Waals surface area contributed by atoms with Crippen molar-refractivity contribution in [2.75, 3.05) is 5.32 Å². The molecule has 1 saturated carbocycles. The maximum atomic E-state index is 11.9. The molecule has 0 spiro atoms. The van der Waals surface area contributed by atoms with Gasteiger partial charge in [0.15, 0.2) is 11.0 Å². The summed E-state index contributed by atoms with van der Waals surface area (Å²) in [5.41, 5.74) is 0. The quantitative estimate of drug-likeness (QED) is 0.863. The van der Waals surface area contributed by atoms with Crippen molar-refractivity contribution in [3.05, 3.63) is 16.5 Å². The Morgan fingerprint density at radius 1 is 1.28 bits per heavy atom. The maximum absolute atomic E-state index is 11.9. The van der Waals surface area contributed by atoms with E-state index in [1.165, 1.54) is 25.6 Å². The lowest BCUT2D eigenvalue weighted by atomic mass is 9.87. The highest BCUT2D eigenvalue weighted by Crippen LogP contribution is 2.28. The Balaban J connectivity index is 1.92. The van der Waals surface area contributed by atoms with Crippen molar-refractivity contribution in [1.82, 2.24) is 9.97 Å². The van der Waals surface area contributed by atoms with Crippen LogP contribution in [-0.2, 0) is 4.79 Å². The van der Waals surface area contributed by atoms with Crippen molar-refractivity contribution in [3.8, 4) is 0 Å². The van der Waals surface area contributed by atoms with Crippen LogP contribution in [0, 0.1) is 5.92 Å². The molecule has 0 aliphatic heterocycles. The highest BCUT2D eigenvalue weighted by Gasteiger charge is 2.18. The lowest BCUT2D eigenvalue weighted by Crippen LogP contribution is -2.19. The van der Waals surface area contributed by atoms with Crippen molar-refractivity contribution in [3.63, 3.8) is 0 Å². The van der Waals surface area contributed by atoms with E-state index in [-0.39, 0.29) is 21.9 Å². The Bertz CT molecular complexity index is 433. The minimum absolute atomic E-state index is 0.0569. The zero-order valence-corrected chi connectivity index (χ0v) is 11.5. The molecule has 6 heteroatoms. The highest BCUT2D eigenvalue weighted by atomic mass is 35.5. The van der Waals surface area contributed by atoms with E-state index in [0.717, 1.165) is 12.8 Å². The molecule has 1 aromatic rings. The number of rotatable bonds is 3. The summed E-state index contributed by atoms with van der Waals surface area (Å²) >= 11 is 11.7. The molecule has 0 atom stereocenters. The molecule has 0 aromatic carbocycles. The van der Waals surface area contributed by atoms with Gasteiger partial charge < -0.3 is 5.32 Å². The monoisotopic (exact) mass is 287 g/mol. The lowest BCUT2D eigenvalue weighted by Gasteiger charge is -2.20. The van der Waals surface area contributed by atoms with Gasteiger partial charge >= 0.3 is 0 Å². The van der Waals surface area contributed by atoms with Gasteiger partial charge in [0.2, 0.25) is 5.91 Å². The van der Waals surface area contributed by atoms with Gasteiger partial charge in [-0.15, -0.1) is 0 Å². The molecule has 1 aliphatic carbocycles. The van der Waals surface area contributed by atoms with Gasteiger partial charge in [0.1, 0.15) is 11.3 Å². The largest absolute Gasteiger partial charge is 0.309 e. The Kier molecular flexibility index (Phi) is 4.78. The number of hydrogen-bond donors (Lipinski definition) is 1. The first-order valence-electron chi connectivity index (χ1n) is 6.12. The Morgan fingerprint density at radius 2 is 2.00 bits per heavy atom. The maximum Gasteiger partial charge on any atom is 0.225 e. The van der Waals surface area contributed by atoms with E-state index in [0.29, 0.717) is 12.3 Å². The first kappa shape index (κ1) is 13.6. The second-order valence-corrected chi connectivity index (χ2v) is 5.32. The molecule has 1 aliphatic rings. The number of halogens is 2. The van der Waals surface area contributed by atoms with Crippen LogP contribution in [-0.4, -0.2) is 15.9 Å². The first-order valence-corrected chi connectivity index (χ1v) is 6.88. The van der Waals surface area contributed by atoms with Crippen molar-refractivity contribution >= 4 is 34.9 Å². The van der Waals surface area contributed by atoms with E-state index in [9.17, 15) is 4.79 Å². The van der Waals surface area contributed by atoms with Crippen LogP contribution in [0.1, 0.15) is 38.5 Å². The summed E-state index contributed by atoms with van der Waals surface area (Å²) in [7, 11) is 0. The molecule has 1 aromatic heterocycles. The Morgan fingerprint density at radius 3 is 2.72 bits per heavy atom. The van der Waals surface area contributed by atoms with Crippen LogP contribution in [0.5, 0.6) is 0 Å². The number of carbonyl (C=O) groups excluding carboxylic acids is 1. The lowest BCUT2D eigenvalue weighted by molar-refractivity contribution is -0.117. The number of amides is 1. The molecule has 4 nitrogen and oxygen atoms in total. The van der Waals surface area contributed by atoms with E-state index >= 15 is 0 Å². The zero-order valence-electron chi connectivity index (χ0n) is 9.96. The molecule has 18 heavy (non-hydrogen) atoms. The third-order valence-corrected chi connectivity index (χ3v) is 3.94. The molecule has 2 rings (SSSR count). The van der Waals surface area contributed by atoms with Crippen LogP contribution in [0.3, 0.4) is 0 Å². The van der Waals surface area contributed by atoms with E-state index < -0.39 is 0 Å². The van der Waals surface area contributed by atoms with E-state index in [1.54, 1.807) is 0 Å². The summed E-state index contributed by atoms with van der Waals surface area (Å²) < 4.78 is 0. The van der Waals surface area contributed by atoms with Crippen molar-refractivity contribution in [1.29, 1.82) is 0 Å². The summed E-state index contributed by atoms with van der Waals surface area (Å²) in [4.78, 5) is 19.5.